The van der Waals surface area contributed by atoms with Gasteiger partial charge in [-0.05, 0) is 48.5 Å². The lowest BCUT2D eigenvalue weighted by molar-refractivity contribution is 0.0718. The molecule has 10 nitrogen and oxygen atoms in total. The first-order chi connectivity index (χ1) is 19.5. The molecule has 1 N–H and O–H groups in total. The van der Waals surface area contributed by atoms with E-state index in [1.54, 1.807) is 30.2 Å². The maximum absolute atomic E-state index is 13.7. The number of fused-ring (bicyclic) bond motifs is 1. The molecule has 1 aromatic heterocycles. The second-order valence-electron chi connectivity index (χ2n) is 9.15. The van der Waals surface area contributed by atoms with E-state index in [4.69, 9.17) is 23.4 Å². The van der Waals surface area contributed by atoms with Crippen LogP contribution in [0.4, 0.5) is 11.4 Å². The smallest absolute Gasteiger partial charge is 0.291 e. The summed E-state index contributed by atoms with van der Waals surface area (Å²) in [5.74, 6) is 1.20. The van der Waals surface area contributed by atoms with Crippen LogP contribution in [0, 0.1) is 0 Å². The minimum atomic E-state index is -0.454. The van der Waals surface area contributed by atoms with Crippen LogP contribution in [-0.4, -0.2) is 71.3 Å². The van der Waals surface area contributed by atoms with Crippen molar-refractivity contribution in [2.75, 3.05) is 64.8 Å². The highest BCUT2D eigenvalue weighted by Crippen LogP contribution is 2.39. The fourth-order valence-electron chi connectivity index (χ4n) is 4.82. The van der Waals surface area contributed by atoms with Gasteiger partial charge in [0.1, 0.15) is 17.0 Å². The summed E-state index contributed by atoms with van der Waals surface area (Å²) in [4.78, 5) is 31.1. The van der Waals surface area contributed by atoms with Crippen LogP contribution in [0.25, 0.3) is 11.0 Å². The molecular formula is C30H31N3O7. The van der Waals surface area contributed by atoms with Gasteiger partial charge in [-0.25, -0.2) is 0 Å². The van der Waals surface area contributed by atoms with E-state index in [1.165, 1.54) is 21.3 Å². The molecule has 0 aliphatic carbocycles. The van der Waals surface area contributed by atoms with Crippen molar-refractivity contribution >= 4 is 34.2 Å². The summed E-state index contributed by atoms with van der Waals surface area (Å²) >= 11 is 0. The maximum Gasteiger partial charge on any atom is 0.291 e. The summed E-state index contributed by atoms with van der Waals surface area (Å²) < 4.78 is 27.4. The molecule has 208 valence electrons. The van der Waals surface area contributed by atoms with Gasteiger partial charge in [0.2, 0.25) is 11.5 Å². The van der Waals surface area contributed by atoms with Crippen molar-refractivity contribution in [3.05, 3.63) is 72.0 Å². The van der Waals surface area contributed by atoms with Crippen LogP contribution in [0.5, 0.6) is 23.0 Å². The maximum atomic E-state index is 13.7. The Kier molecular flexibility index (Phi) is 7.68. The zero-order valence-corrected chi connectivity index (χ0v) is 22.9. The normalized spacial score (nSPS) is 13.2. The van der Waals surface area contributed by atoms with Gasteiger partial charge in [0, 0.05) is 42.8 Å². The number of ether oxygens (including phenoxy) is 4. The molecule has 4 aromatic rings. The Labute approximate surface area is 232 Å². The number of rotatable bonds is 8. The molecule has 1 aliphatic rings. The van der Waals surface area contributed by atoms with Gasteiger partial charge in [-0.2, -0.15) is 0 Å². The van der Waals surface area contributed by atoms with E-state index in [0.717, 1.165) is 11.4 Å². The first-order valence-electron chi connectivity index (χ1n) is 12.8. The number of piperazine rings is 1. The van der Waals surface area contributed by atoms with E-state index in [0.29, 0.717) is 60.1 Å². The van der Waals surface area contributed by atoms with Gasteiger partial charge in [0.05, 0.1) is 28.4 Å². The molecule has 0 saturated carbocycles. The lowest BCUT2D eigenvalue weighted by atomic mass is 10.1. The van der Waals surface area contributed by atoms with Crippen LogP contribution in [-0.2, 0) is 0 Å². The molecule has 3 aromatic carbocycles. The number of methoxy groups -OCH3 is 4. The van der Waals surface area contributed by atoms with Crippen LogP contribution >= 0.6 is 0 Å². The van der Waals surface area contributed by atoms with E-state index < -0.39 is 5.91 Å². The molecule has 40 heavy (non-hydrogen) atoms. The molecule has 0 atom stereocenters. The van der Waals surface area contributed by atoms with Crippen LogP contribution in [0.2, 0.25) is 0 Å². The highest BCUT2D eigenvalue weighted by Gasteiger charge is 2.29. The molecule has 5 rings (SSSR count). The Morgan fingerprint density at radius 1 is 0.800 bits per heavy atom. The average molecular weight is 546 g/mol. The fraction of sp³-hybridized carbons (Fsp3) is 0.267. The van der Waals surface area contributed by atoms with Crippen LogP contribution < -0.4 is 29.2 Å². The number of benzene rings is 3. The summed E-state index contributed by atoms with van der Waals surface area (Å²) in [7, 11) is 6.09. The highest BCUT2D eigenvalue weighted by atomic mass is 16.5. The van der Waals surface area contributed by atoms with E-state index in [-0.39, 0.29) is 17.2 Å². The van der Waals surface area contributed by atoms with Crippen molar-refractivity contribution in [2.24, 2.45) is 0 Å². The number of hydrogen-bond acceptors (Lipinski definition) is 8. The van der Waals surface area contributed by atoms with E-state index >= 15 is 0 Å². The Morgan fingerprint density at radius 2 is 1.45 bits per heavy atom. The lowest BCUT2D eigenvalue weighted by Crippen LogP contribution is -2.48. The van der Waals surface area contributed by atoms with Crippen molar-refractivity contribution in [3.63, 3.8) is 0 Å². The Balaban J connectivity index is 1.39. The summed E-state index contributed by atoms with van der Waals surface area (Å²) in [5, 5.41) is 3.53. The van der Waals surface area contributed by atoms with Gasteiger partial charge in [-0.1, -0.05) is 12.1 Å². The first-order valence-corrected chi connectivity index (χ1v) is 12.8. The zero-order chi connectivity index (χ0) is 28.2. The largest absolute Gasteiger partial charge is 0.497 e. The SMILES string of the molecule is COc1ccc(N2CCN(C(=O)c3oc4ccccc4c3NC(=O)c3cc(OC)c(OC)c(OC)c3)CC2)cc1. The average Bonchev–Trinajstić information content (AvgIpc) is 3.38. The quantitative estimate of drug-likeness (QED) is 0.341. The number of carbonyl (C=O) groups is 2. The van der Waals surface area contributed by atoms with Crippen molar-refractivity contribution < 1.29 is 33.0 Å². The molecule has 1 fully saturated rings. The minimum Gasteiger partial charge on any atom is -0.497 e. The first kappa shape index (κ1) is 26.7. The number of anilines is 2. The highest BCUT2D eigenvalue weighted by molar-refractivity contribution is 6.14. The molecular weight excluding hydrogens is 514 g/mol. The van der Waals surface area contributed by atoms with E-state index in [9.17, 15) is 9.59 Å². The number of carbonyl (C=O) groups excluding carboxylic acids is 2. The Hall–Kier alpha value is -4.86. The standard InChI is InChI=1S/C30H31N3O7/c1-36-21-11-9-20(10-12-21)32-13-15-33(16-14-32)30(35)28-26(22-7-5-6-8-23(22)40-28)31-29(34)19-17-24(37-2)27(39-4)25(18-19)38-3/h5-12,17-18H,13-16H2,1-4H3,(H,31,34). The topological polar surface area (TPSA) is 103 Å². The van der Waals surface area contributed by atoms with Crippen molar-refractivity contribution in [2.45, 2.75) is 0 Å². The number of furan rings is 1. The Bertz CT molecular complexity index is 1500. The van der Waals surface area contributed by atoms with E-state index in [1.807, 2.05) is 42.5 Å². The monoisotopic (exact) mass is 545 g/mol. The fourth-order valence-corrected chi connectivity index (χ4v) is 4.82. The van der Waals surface area contributed by atoms with Gasteiger partial charge < -0.3 is 38.5 Å². The van der Waals surface area contributed by atoms with Crippen molar-refractivity contribution in [3.8, 4) is 23.0 Å². The molecule has 2 amide bonds. The summed E-state index contributed by atoms with van der Waals surface area (Å²) in [5.41, 5.74) is 2.15. The molecule has 0 unspecified atom stereocenters. The summed E-state index contributed by atoms with van der Waals surface area (Å²) in [6.07, 6.45) is 0. The van der Waals surface area contributed by atoms with Gasteiger partial charge in [0.25, 0.3) is 11.8 Å². The molecule has 10 heteroatoms. The molecule has 2 heterocycles. The van der Waals surface area contributed by atoms with Gasteiger partial charge in [-0.15, -0.1) is 0 Å². The third kappa shape index (κ3) is 5.07. The number of hydrogen-bond donors (Lipinski definition) is 1. The van der Waals surface area contributed by atoms with Crippen LogP contribution in [0.1, 0.15) is 20.9 Å². The number of nitrogens with zero attached hydrogens (tertiary/aromatic N) is 2. The lowest BCUT2D eigenvalue weighted by Gasteiger charge is -2.35. The van der Waals surface area contributed by atoms with Gasteiger partial charge in [0.15, 0.2) is 11.5 Å². The Morgan fingerprint density at radius 3 is 2.05 bits per heavy atom. The number of para-hydroxylation sites is 1. The zero-order valence-electron chi connectivity index (χ0n) is 22.9. The minimum absolute atomic E-state index is 0.0832. The predicted molar refractivity (Wildman–Crippen MR) is 151 cm³/mol. The van der Waals surface area contributed by atoms with Crippen LogP contribution in [0.15, 0.2) is 65.1 Å². The third-order valence-electron chi connectivity index (χ3n) is 6.96. The molecule has 1 saturated heterocycles. The third-order valence-corrected chi connectivity index (χ3v) is 6.96. The molecule has 1 aliphatic heterocycles. The second-order valence-corrected chi connectivity index (χ2v) is 9.15. The van der Waals surface area contributed by atoms with E-state index in [2.05, 4.69) is 10.2 Å². The van der Waals surface area contributed by atoms with Crippen molar-refractivity contribution in [1.29, 1.82) is 0 Å². The van der Waals surface area contributed by atoms with Gasteiger partial charge >= 0.3 is 0 Å². The molecule has 0 spiro atoms. The summed E-state index contributed by atoms with van der Waals surface area (Å²) in [6.45, 7) is 2.32. The van der Waals surface area contributed by atoms with Gasteiger partial charge in [-0.3, -0.25) is 9.59 Å². The number of amides is 2. The molecule has 0 radical (unpaired) electrons. The summed E-state index contributed by atoms with van der Waals surface area (Å²) in [6, 6.07) is 18.2. The second kappa shape index (κ2) is 11.5. The predicted octanol–water partition coefficient (Wildman–Crippen LogP) is 4.68. The van der Waals surface area contributed by atoms with Crippen LogP contribution in [0.3, 0.4) is 0 Å². The van der Waals surface area contributed by atoms with Crippen molar-refractivity contribution in [1.82, 2.24) is 4.90 Å². The number of nitrogens with one attached hydrogen (secondary N) is 1. The molecule has 0 bridgehead atoms.